The Bertz CT molecular complexity index is 736. The number of hydrogen-bond donors (Lipinski definition) is 1. The molecule has 0 spiro atoms. The Labute approximate surface area is 162 Å². The van der Waals surface area contributed by atoms with E-state index < -0.39 is 4.92 Å². The van der Waals surface area contributed by atoms with Crippen LogP contribution in [0.15, 0.2) is 42.6 Å². The Kier molecular flexibility index (Phi) is 8.57. The highest BCUT2D eigenvalue weighted by Gasteiger charge is 2.07. The number of carbonyl (C=O) groups excluding carboxylic acids is 1. The molecule has 144 valence electrons. The highest BCUT2D eigenvalue weighted by atomic mass is 32.2. The zero-order chi connectivity index (χ0) is 19.5. The van der Waals surface area contributed by atoms with Gasteiger partial charge in [0.15, 0.2) is 0 Å². The number of nitro groups is 1. The molecule has 0 aliphatic heterocycles. The summed E-state index contributed by atoms with van der Waals surface area (Å²) in [6.07, 6.45) is 5.85. The number of nitrogens with zero attached hydrogens (tertiary/aromatic N) is 2. The Balaban J connectivity index is 1.57. The molecule has 1 N–H and O–H groups in total. The number of thioether (sulfide) groups is 1. The summed E-state index contributed by atoms with van der Waals surface area (Å²) in [5, 5.41) is 13.7. The number of carbonyl (C=O) groups is 1. The Morgan fingerprint density at radius 2 is 1.96 bits per heavy atom. The lowest BCUT2D eigenvalue weighted by Gasteiger charge is -2.07. The third-order valence-electron chi connectivity index (χ3n) is 3.82. The van der Waals surface area contributed by atoms with Gasteiger partial charge in [-0.1, -0.05) is 12.1 Å². The quantitative estimate of drug-likeness (QED) is 0.265. The highest BCUT2D eigenvalue weighted by Crippen LogP contribution is 2.13. The Morgan fingerprint density at radius 3 is 2.59 bits per heavy atom. The first-order valence-corrected chi connectivity index (χ1v) is 10.1. The van der Waals surface area contributed by atoms with Crippen molar-refractivity contribution in [3.05, 3.63) is 63.8 Å². The maximum Gasteiger partial charge on any atom is 0.338 e. The lowest BCUT2D eigenvalue weighted by Crippen LogP contribution is -2.07. The van der Waals surface area contributed by atoms with Crippen molar-refractivity contribution in [2.75, 3.05) is 24.7 Å². The average molecular weight is 389 g/mol. The van der Waals surface area contributed by atoms with Crippen molar-refractivity contribution in [1.29, 1.82) is 0 Å². The number of pyridine rings is 1. The molecule has 2 rings (SSSR count). The summed E-state index contributed by atoms with van der Waals surface area (Å²) in [5.74, 6) is 1.24. The molecule has 0 amide bonds. The molecule has 0 saturated heterocycles. The second-order valence-electron chi connectivity index (χ2n) is 5.91. The zero-order valence-corrected chi connectivity index (χ0v) is 16.0. The first kappa shape index (κ1) is 20.7. The van der Waals surface area contributed by atoms with Crippen molar-refractivity contribution < 1.29 is 14.5 Å². The first-order valence-electron chi connectivity index (χ1n) is 8.69. The SMILES string of the molecule is CSCc1ccc(C(=O)OCCCCCNc2ccc([N+](=O)[O-])cn2)cc1. The first-order chi connectivity index (χ1) is 13.1. The Hall–Kier alpha value is -2.61. The summed E-state index contributed by atoms with van der Waals surface area (Å²) < 4.78 is 5.29. The number of nitrogens with one attached hydrogen (secondary N) is 1. The lowest BCUT2D eigenvalue weighted by atomic mass is 10.1. The van der Waals surface area contributed by atoms with E-state index in [9.17, 15) is 14.9 Å². The molecule has 7 nitrogen and oxygen atoms in total. The van der Waals surface area contributed by atoms with E-state index in [0.717, 1.165) is 25.0 Å². The summed E-state index contributed by atoms with van der Waals surface area (Å²) in [6.45, 7) is 1.09. The van der Waals surface area contributed by atoms with Crippen LogP contribution in [-0.4, -0.2) is 35.3 Å². The molecule has 2 aromatic rings. The van der Waals surface area contributed by atoms with Gasteiger partial charge in [-0.2, -0.15) is 11.8 Å². The number of benzene rings is 1. The second kappa shape index (κ2) is 11.2. The normalized spacial score (nSPS) is 10.4. The molecular formula is C19H23N3O4S. The van der Waals surface area contributed by atoms with Gasteiger partial charge in [-0.05, 0) is 49.3 Å². The van der Waals surface area contributed by atoms with E-state index in [1.54, 1.807) is 30.0 Å². The molecule has 0 atom stereocenters. The topological polar surface area (TPSA) is 94.4 Å². The summed E-state index contributed by atoms with van der Waals surface area (Å²) in [7, 11) is 0. The number of rotatable bonds is 11. The molecule has 0 fully saturated rings. The number of ether oxygens (including phenoxy) is 1. The third kappa shape index (κ3) is 7.26. The molecule has 1 heterocycles. The molecule has 8 heteroatoms. The number of aromatic nitrogens is 1. The monoisotopic (exact) mass is 389 g/mol. The van der Waals surface area contributed by atoms with Crippen LogP contribution in [-0.2, 0) is 10.5 Å². The van der Waals surface area contributed by atoms with Crippen molar-refractivity contribution in [1.82, 2.24) is 4.98 Å². The van der Waals surface area contributed by atoms with Crippen LogP contribution in [0.1, 0.15) is 35.2 Å². The van der Waals surface area contributed by atoms with E-state index >= 15 is 0 Å². The molecule has 0 aliphatic rings. The van der Waals surface area contributed by atoms with Gasteiger partial charge in [0.05, 0.1) is 17.1 Å². The third-order valence-corrected chi connectivity index (χ3v) is 4.44. The maximum absolute atomic E-state index is 12.0. The van der Waals surface area contributed by atoms with Gasteiger partial charge in [-0.3, -0.25) is 10.1 Å². The van der Waals surface area contributed by atoms with E-state index in [4.69, 9.17) is 4.74 Å². The highest BCUT2D eigenvalue weighted by molar-refractivity contribution is 7.97. The molecule has 1 aromatic heterocycles. The largest absolute Gasteiger partial charge is 0.462 e. The van der Waals surface area contributed by atoms with E-state index in [0.29, 0.717) is 24.5 Å². The predicted octanol–water partition coefficient (Wildman–Crippen LogP) is 4.29. The molecule has 27 heavy (non-hydrogen) atoms. The number of hydrogen-bond acceptors (Lipinski definition) is 7. The van der Waals surface area contributed by atoms with Gasteiger partial charge in [0, 0.05) is 18.4 Å². The molecule has 1 aromatic carbocycles. The summed E-state index contributed by atoms with van der Waals surface area (Å²) in [5.41, 5.74) is 1.74. The van der Waals surface area contributed by atoms with Crippen LogP contribution in [0, 0.1) is 10.1 Å². The van der Waals surface area contributed by atoms with Crippen molar-refractivity contribution >= 4 is 29.2 Å². The van der Waals surface area contributed by atoms with Crippen LogP contribution in [0.2, 0.25) is 0 Å². The fourth-order valence-corrected chi connectivity index (χ4v) is 2.90. The van der Waals surface area contributed by atoms with Crippen LogP contribution in [0.5, 0.6) is 0 Å². The second-order valence-corrected chi connectivity index (χ2v) is 6.78. The van der Waals surface area contributed by atoms with Gasteiger partial charge >= 0.3 is 5.97 Å². The van der Waals surface area contributed by atoms with Gasteiger partial charge in [-0.25, -0.2) is 9.78 Å². The molecule has 0 radical (unpaired) electrons. The van der Waals surface area contributed by atoms with Crippen molar-refractivity contribution in [2.24, 2.45) is 0 Å². The van der Waals surface area contributed by atoms with Gasteiger partial charge in [-0.15, -0.1) is 0 Å². The predicted molar refractivity (Wildman–Crippen MR) is 107 cm³/mol. The van der Waals surface area contributed by atoms with Crippen LogP contribution >= 0.6 is 11.8 Å². The van der Waals surface area contributed by atoms with Crippen molar-refractivity contribution in [3.63, 3.8) is 0 Å². The van der Waals surface area contributed by atoms with Crippen LogP contribution in [0.25, 0.3) is 0 Å². The van der Waals surface area contributed by atoms with Crippen molar-refractivity contribution in [2.45, 2.75) is 25.0 Å². The van der Waals surface area contributed by atoms with Crippen LogP contribution < -0.4 is 5.32 Å². The number of esters is 1. The molecule has 0 aliphatic carbocycles. The molecular weight excluding hydrogens is 366 g/mol. The van der Waals surface area contributed by atoms with E-state index in [1.165, 1.54) is 17.8 Å². The van der Waals surface area contributed by atoms with Gasteiger partial charge in [0.25, 0.3) is 5.69 Å². The molecule has 0 bridgehead atoms. The maximum atomic E-state index is 12.0. The zero-order valence-electron chi connectivity index (χ0n) is 15.2. The van der Waals surface area contributed by atoms with Crippen molar-refractivity contribution in [3.8, 4) is 0 Å². The fraction of sp³-hybridized carbons (Fsp3) is 0.368. The molecule has 0 saturated carbocycles. The summed E-state index contributed by atoms with van der Waals surface area (Å²) in [4.78, 5) is 26.0. The number of unbranched alkanes of at least 4 members (excludes halogenated alkanes) is 2. The standard InChI is InChI=1S/C19H23N3O4S/c1-27-14-15-5-7-16(8-6-15)19(23)26-12-4-2-3-11-20-18-10-9-17(13-21-18)22(24)25/h5-10,13H,2-4,11-12,14H2,1H3,(H,20,21). The minimum absolute atomic E-state index is 0.0266. The fourth-order valence-electron chi connectivity index (χ4n) is 2.37. The lowest BCUT2D eigenvalue weighted by molar-refractivity contribution is -0.385. The van der Waals surface area contributed by atoms with Gasteiger partial charge in [0.1, 0.15) is 12.0 Å². The molecule has 0 unspecified atom stereocenters. The van der Waals surface area contributed by atoms with Crippen LogP contribution in [0.3, 0.4) is 0 Å². The minimum atomic E-state index is -0.475. The van der Waals surface area contributed by atoms with Gasteiger partial charge in [0.2, 0.25) is 0 Å². The van der Waals surface area contributed by atoms with E-state index in [-0.39, 0.29) is 11.7 Å². The van der Waals surface area contributed by atoms with E-state index in [2.05, 4.69) is 10.3 Å². The average Bonchev–Trinajstić information content (AvgIpc) is 2.68. The number of anilines is 1. The Morgan fingerprint density at radius 1 is 1.19 bits per heavy atom. The van der Waals surface area contributed by atoms with Gasteiger partial charge < -0.3 is 10.1 Å². The smallest absolute Gasteiger partial charge is 0.338 e. The van der Waals surface area contributed by atoms with Crippen LogP contribution in [0.4, 0.5) is 11.5 Å². The summed E-state index contributed by atoms with van der Waals surface area (Å²) in [6, 6.07) is 10.5. The minimum Gasteiger partial charge on any atom is -0.462 e. The summed E-state index contributed by atoms with van der Waals surface area (Å²) >= 11 is 1.74. The van der Waals surface area contributed by atoms with E-state index in [1.807, 2.05) is 18.4 Å².